The van der Waals surface area contributed by atoms with E-state index in [1.54, 1.807) is 6.20 Å². The van der Waals surface area contributed by atoms with Crippen molar-refractivity contribution in [2.24, 2.45) is 0 Å². The van der Waals surface area contributed by atoms with Crippen LogP contribution in [0.4, 0.5) is 5.82 Å². The zero-order valence-corrected chi connectivity index (χ0v) is 15.7. The van der Waals surface area contributed by atoms with E-state index in [4.69, 9.17) is 4.74 Å². The maximum atomic E-state index is 12.7. The van der Waals surface area contributed by atoms with Gasteiger partial charge in [-0.15, -0.1) is 11.3 Å². The van der Waals surface area contributed by atoms with Crippen molar-refractivity contribution in [3.63, 3.8) is 0 Å². The lowest BCUT2D eigenvalue weighted by atomic mass is 10.1. The molecule has 5 nitrogen and oxygen atoms in total. The van der Waals surface area contributed by atoms with Crippen LogP contribution in [0.3, 0.4) is 0 Å². The fourth-order valence-corrected chi connectivity index (χ4v) is 3.96. The quantitative estimate of drug-likeness (QED) is 0.736. The van der Waals surface area contributed by atoms with Gasteiger partial charge in [0.1, 0.15) is 5.82 Å². The number of pyridine rings is 1. The zero-order chi connectivity index (χ0) is 18.5. The van der Waals surface area contributed by atoms with E-state index < -0.39 is 0 Å². The maximum Gasteiger partial charge on any atom is 0.262 e. The highest BCUT2D eigenvalue weighted by Crippen LogP contribution is 2.28. The standard InChI is InChI=1S/C21H21N3O2S/c25-21(20-18(7-13-27-20)17-4-2-1-3-5-17)23-15-16-6-8-22-19(14-16)24-9-11-26-12-10-24/h1-8,13-14H,9-12,15H2,(H,23,25). The van der Waals surface area contributed by atoms with Crippen molar-refractivity contribution in [1.29, 1.82) is 0 Å². The molecule has 0 saturated carbocycles. The number of hydrogen-bond acceptors (Lipinski definition) is 5. The Balaban J connectivity index is 1.44. The van der Waals surface area contributed by atoms with Crippen molar-refractivity contribution in [3.8, 4) is 11.1 Å². The first-order valence-electron chi connectivity index (χ1n) is 9.00. The van der Waals surface area contributed by atoms with Gasteiger partial charge in [0.05, 0.1) is 18.1 Å². The normalized spacial score (nSPS) is 14.1. The highest BCUT2D eigenvalue weighted by molar-refractivity contribution is 7.12. The second-order valence-corrected chi connectivity index (χ2v) is 7.25. The second-order valence-electron chi connectivity index (χ2n) is 6.33. The average molecular weight is 379 g/mol. The lowest BCUT2D eigenvalue weighted by molar-refractivity contribution is 0.0955. The molecule has 1 saturated heterocycles. The number of anilines is 1. The molecule has 0 atom stereocenters. The minimum atomic E-state index is -0.0476. The summed E-state index contributed by atoms with van der Waals surface area (Å²) in [7, 11) is 0. The van der Waals surface area contributed by atoms with Crippen LogP contribution in [0.2, 0.25) is 0 Å². The first-order chi connectivity index (χ1) is 13.3. The maximum absolute atomic E-state index is 12.7. The van der Waals surface area contributed by atoms with E-state index in [9.17, 15) is 4.79 Å². The Kier molecular flexibility index (Phi) is 5.46. The summed E-state index contributed by atoms with van der Waals surface area (Å²) in [5, 5.41) is 5.00. The minimum absolute atomic E-state index is 0.0476. The molecule has 1 amide bonds. The molecule has 0 radical (unpaired) electrons. The topological polar surface area (TPSA) is 54.5 Å². The number of nitrogens with zero attached hydrogens (tertiary/aromatic N) is 2. The summed E-state index contributed by atoms with van der Waals surface area (Å²) in [5.41, 5.74) is 3.07. The molecule has 1 N–H and O–H groups in total. The summed E-state index contributed by atoms with van der Waals surface area (Å²) < 4.78 is 5.39. The van der Waals surface area contributed by atoms with Gasteiger partial charge in [0.25, 0.3) is 5.91 Å². The SMILES string of the molecule is O=C(NCc1ccnc(N2CCOCC2)c1)c1sccc1-c1ccccc1. The monoisotopic (exact) mass is 379 g/mol. The van der Waals surface area contributed by atoms with Crippen molar-refractivity contribution in [2.75, 3.05) is 31.2 Å². The molecule has 1 aromatic carbocycles. The predicted octanol–water partition coefficient (Wildman–Crippen LogP) is 3.58. The summed E-state index contributed by atoms with van der Waals surface area (Å²) in [6.07, 6.45) is 1.80. The van der Waals surface area contributed by atoms with Crippen molar-refractivity contribution in [3.05, 3.63) is 70.5 Å². The van der Waals surface area contributed by atoms with Crippen LogP contribution in [-0.2, 0) is 11.3 Å². The number of carbonyl (C=O) groups excluding carboxylic acids is 1. The zero-order valence-electron chi connectivity index (χ0n) is 14.9. The third-order valence-corrected chi connectivity index (χ3v) is 5.47. The molecule has 0 spiro atoms. The van der Waals surface area contributed by atoms with Crippen LogP contribution < -0.4 is 10.2 Å². The fraction of sp³-hybridized carbons (Fsp3) is 0.238. The van der Waals surface area contributed by atoms with E-state index in [2.05, 4.69) is 15.2 Å². The summed E-state index contributed by atoms with van der Waals surface area (Å²) in [4.78, 5) is 20.1. The first kappa shape index (κ1) is 17.7. The van der Waals surface area contributed by atoms with Crippen LogP contribution in [-0.4, -0.2) is 37.2 Å². The Bertz CT molecular complexity index is 905. The van der Waals surface area contributed by atoms with E-state index in [1.807, 2.05) is 53.9 Å². The van der Waals surface area contributed by atoms with E-state index in [0.29, 0.717) is 6.54 Å². The van der Waals surface area contributed by atoms with Gasteiger partial charge in [0, 0.05) is 31.4 Å². The molecule has 1 aliphatic heterocycles. The number of morpholine rings is 1. The predicted molar refractivity (Wildman–Crippen MR) is 108 cm³/mol. The number of rotatable bonds is 5. The Morgan fingerprint density at radius 1 is 1.15 bits per heavy atom. The van der Waals surface area contributed by atoms with Gasteiger partial charge in [0.2, 0.25) is 0 Å². The first-order valence-corrected chi connectivity index (χ1v) is 9.88. The van der Waals surface area contributed by atoms with Gasteiger partial charge < -0.3 is 15.0 Å². The lowest BCUT2D eigenvalue weighted by Gasteiger charge is -2.28. The molecular weight excluding hydrogens is 358 g/mol. The average Bonchev–Trinajstić information content (AvgIpc) is 3.24. The largest absolute Gasteiger partial charge is 0.378 e. The van der Waals surface area contributed by atoms with Crippen LogP contribution in [0.25, 0.3) is 11.1 Å². The van der Waals surface area contributed by atoms with Gasteiger partial charge in [-0.2, -0.15) is 0 Å². The van der Waals surface area contributed by atoms with Gasteiger partial charge in [-0.25, -0.2) is 4.98 Å². The van der Waals surface area contributed by atoms with Crippen LogP contribution in [0.15, 0.2) is 60.1 Å². The fourth-order valence-electron chi connectivity index (χ4n) is 3.13. The second kappa shape index (κ2) is 8.33. The summed E-state index contributed by atoms with van der Waals surface area (Å²) >= 11 is 1.47. The van der Waals surface area contributed by atoms with Crippen molar-refractivity contribution >= 4 is 23.1 Å². The van der Waals surface area contributed by atoms with Crippen molar-refractivity contribution in [2.45, 2.75) is 6.54 Å². The number of thiophene rings is 1. The summed E-state index contributed by atoms with van der Waals surface area (Å²) in [6, 6.07) is 16.0. The van der Waals surface area contributed by atoms with Crippen LogP contribution in [0.5, 0.6) is 0 Å². The Hall–Kier alpha value is -2.70. The smallest absolute Gasteiger partial charge is 0.262 e. The minimum Gasteiger partial charge on any atom is -0.378 e. The molecule has 1 aliphatic rings. The van der Waals surface area contributed by atoms with Crippen LogP contribution >= 0.6 is 11.3 Å². The highest BCUT2D eigenvalue weighted by atomic mass is 32.1. The highest BCUT2D eigenvalue weighted by Gasteiger charge is 2.15. The molecule has 0 bridgehead atoms. The third kappa shape index (κ3) is 4.18. The van der Waals surface area contributed by atoms with Crippen molar-refractivity contribution < 1.29 is 9.53 Å². The van der Waals surface area contributed by atoms with Crippen LogP contribution in [0, 0.1) is 0 Å². The molecule has 2 aromatic heterocycles. The number of nitrogens with one attached hydrogen (secondary N) is 1. The number of hydrogen-bond donors (Lipinski definition) is 1. The summed E-state index contributed by atoms with van der Waals surface area (Å²) in [6.45, 7) is 3.62. The van der Waals surface area contributed by atoms with Crippen molar-refractivity contribution in [1.82, 2.24) is 10.3 Å². The van der Waals surface area contributed by atoms with Gasteiger partial charge in [-0.05, 0) is 34.7 Å². The van der Waals surface area contributed by atoms with E-state index in [1.165, 1.54) is 11.3 Å². The lowest BCUT2D eigenvalue weighted by Crippen LogP contribution is -2.36. The van der Waals surface area contributed by atoms with Gasteiger partial charge in [0.15, 0.2) is 0 Å². The summed E-state index contributed by atoms with van der Waals surface area (Å²) in [5.74, 6) is 0.889. The number of carbonyl (C=O) groups is 1. The van der Waals surface area contributed by atoms with Gasteiger partial charge in [-0.3, -0.25) is 4.79 Å². The molecule has 3 heterocycles. The van der Waals surface area contributed by atoms with Gasteiger partial charge >= 0.3 is 0 Å². The molecule has 27 heavy (non-hydrogen) atoms. The molecule has 4 rings (SSSR count). The molecule has 6 heteroatoms. The van der Waals surface area contributed by atoms with E-state index in [-0.39, 0.29) is 5.91 Å². The number of amides is 1. The molecular formula is C21H21N3O2S. The van der Waals surface area contributed by atoms with Crippen LogP contribution in [0.1, 0.15) is 15.2 Å². The number of ether oxygens (including phenoxy) is 1. The molecule has 3 aromatic rings. The molecule has 138 valence electrons. The van der Waals surface area contributed by atoms with E-state index >= 15 is 0 Å². The Morgan fingerprint density at radius 2 is 1.96 bits per heavy atom. The third-order valence-electron chi connectivity index (χ3n) is 4.55. The Labute approximate surface area is 162 Å². The number of aromatic nitrogens is 1. The van der Waals surface area contributed by atoms with E-state index in [0.717, 1.165) is 53.7 Å². The van der Waals surface area contributed by atoms with Gasteiger partial charge in [-0.1, -0.05) is 30.3 Å². The number of benzene rings is 1. The molecule has 0 unspecified atom stereocenters. The molecule has 0 aliphatic carbocycles. The Morgan fingerprint density at radius 3 is 2.78 bits per heavy atom. The molecule has 1 fully saturated rings.